The molecule has 0 heterocycles. The van der Waals surface area contributed by atoms with Gasteiger partial charge in [0.1, 0.15) is 0 Å². The third-order valence-corrected chi connectivity index (χ3v) is 0. The topological polar surface area (TPSA) is 120 Å². The van der Waals surface area contributed by atoms with Crippen molar-refractivity contribution in [2.45, 2.75) is 0 Å². The van der Waals surface area contributed by atoms with Gasteiger partial charge in [0.25, 0.3) is 0 Å². The monoisotopic (exact) mass is 142 g/mol. The molecule has 32 valence electrons. The normalized spacial score (nSPS) is 0. The van der Waals surface area contributed by atoms with E-state index < -0.39 is 0 Å². The maximum absolute atomic E-state index is 0. The molecule has 0 aromatic heterocycles. The van der Waals surface area contributed by atoms with Crippen LogP contribution in [0.15, 0.2) is 0 Å². The number of hydrogen-bond acceptors (Lipinski definition) is 4. The van der Waals surface area contributed by atoms with E-state index in [9.17, 15) is 0 Å². The van der Waals surface area contributed by atoms with Gasteiger partial charge in [-0.25, -0.2) is 0 Å². The van der Waals surface area contributed by atoms with Crippen LogP contribution in [0.5, 0.6) is 0 Å². The van der Waals surface area contributed by atoms with Crippen molar-refractivity contribution in [2.75, 3.05) is 0 Å². The molecule has 4 nitrogen and oxygen atoms in total. The fourth-order valence-electron chi connectivity index (χ4n) is 0. The third-order valence-electron chi connectivity index (χ3n) is 0. The summed E-state index contributed by atoms with van der Waals surface area (Å²) in [5.74, 6) is 0. The summed E-state index contributed by atoms with van der Waals surface area (Å²) in [4.78, 5) is 0. The first-order valence-electron chi connectivity index (χ1n) is 0. The van der Waals surface area contributed by atoms with E-state index in [-0.39, 0.29) is 39.5 Å². The van der Waals surface area contributed by atoms with Gasteiger partial charge in [-0.1, -0.05) is 0 Å². The zero-order valence-electron chi connectivity index (χ0n) is 2.29. The Hall–Kier alpha value is 0.383. The van der Waals surface area contributed by atoms with E-state index in [4.69, 9.17) is 0 Å². The Morgan fingerprint density at radius 1 is 0.400 bits per heavy atom. The van der Waals surface area contributed by atoms with Gasteiger partial charge in [0, 0.05) is 0 Å². The Kier molecular flexibility index (Phi) is 48300. The molecule has 0 aliphatic heterocycles. The second-order valence-electron chi connectivity index (χ2n) is 0. The molecule has 0 rings (SSSR count). The predicted octanol–water partition coefficient (Wildman–Crippen LogP) is -1.09. The van der Waals surface area contributed by atoms with Gasteiger partial charge in [-0.15, -0.1) is 0 Å². The van der Waals surface area contributed by atoms with Crippen molar-refractivity contribution in [1.82, 2.24) is 0 Å². The van der Waals surface area contributed by atoms with Crippen molar-refractivity contribution >= 4 is 17.6 Å². The van der Waals surface area contributed by atoms with Crippen molar-refractivity contribution in [2.24, 2.45) is 0 Å². The molecule has 0 radical (unpaired) electrons. The molecule has 0 unspecified atom stereocenters. The van der Waals surface area contributed by atoms with Crippen LogP contribution >= 0.6 is 0 Å². The van der Waals surface area contributed by atoms with Crippen LogP contribution in [0.3, 0.4) is 0 Å². The van der Waals surface area contributed by atoms with E-state index >= 15 is 0 Å². The molecule has 0 aromatic carbocycles. The second kappa shape index (κ2) is 342. The molecular weight excluding hydrogens is 137 g/mol. The Bertz CT molecular complexity index is 3.61. The van der Waals surface area contributed by atoms with E-state index in [0.29, 0.717) is 0 Å². The standard InChI is InChI=1S/Ge.4H2O/h;4*1H2/q+4;;;;/p-4. The van der Waals surface area contributed by atoms with Crippen LogP contribution in [0.1, 0.15) is 0 Å². The summed E-state index contributed by atoms with van der Waals surface area (Å²) in [6, 6.07) is 0. The van der Waals surface area contributed by atoms with Crippen LogP contribution in [0.4, 0.5) is 0 Å². The molecule has 0 atom stereocenters. The van der Waals surface area contributed by atoms with Gasteiger partial charge < -0.3 is 21.9 Å². The Balaban J connectivity index is 0. The molecular formula is H4GeO4. The first-order valence-corrected chi connectivity index (χ1v) is 0. The molecule has 0 saturated carbocycles. The summed E-state index contributed by atoms with van der Waals surface area (Å²) >= 11 is 0. The molecule has 0 aliphatic carbocycles. The quantitative estimate of drug-likeness (QED) is 0.397. The number of hydrogen-bond donors (Lipinski definition) is 0. The van der Waals surface area contributed by atoms with Crippen LogP contribution in [0.25, 0.3) is 0 Å². The predicted molar refractivity (Wildman–Crippen MR) is 13.5 cm³/mol. The summed E-state index contributed by atoms with van der Waals surface area (Å²) in [5.41, 5.74) is 0. The maximum Gasteiger partial charge on any atom is 4.00 e. The van der Waals surface area contributed by atoms with E-state index in [2.05, 4.69) is 0 Å². The molecule has 0 amide bonds. The average molecular weight is 141 g/mol. The first-order chi connectivity index (χ1) is 0. The van der Waals surface area contributed by atoms with Gasteiger partial charge in [0.05, 0.1) is 0 Å². The zero-order valence-corrected chi connectivity index (χ0v) is 4.39. The van der Waals surface area contributed by atoms with Crippen molar-refractivity contribution in [1.29, 1.82) is 0 Å². The van der Waals surface area contributed by atoms with Crippen molar-refractivity contribution in [3.05, 3.63) is 0 Å². The molecule has 0 aliphatic rings. The molecule has 5 heteroatoms. The SMILES string of the molecule is [Ge+4].[OH-].[OH-].[OH-].[OH-]. The van der Waals surface area contributed by atoms with Crippen LogP contribution in [-0.4, -0.2) is 39.5 Å². The summed E-state index contributed by atoms with van der Waals surface area (Å²) < 4.78 is 0. The van der Waals surface area contributed by atoms with Crippen molar-refractivity contribution in [3.8, 4) is 0 Å². The Morgan fingerprint density at radius 3 is 0.400 bits per heavy atom. The summed E-state index contributed by atoms with van der Waals surface area (Å²) in [6.07, 6.45) is 0. The molecule has 0 aromatic rings. The van der Waals surface area contributed by atoms with Crippen molar-refractivity contribution in [3.63, 3.8) is 0 Å². The van der Waals surface area contributed by atoms with E-state index in [1.54, 1.807) is 0 Å². The van der Waals surface area contributed by atoms with Gasteiger partial charge in [0.15, 0.2) is 0 Å². The molecule has 4 N–H and O–H groups in total. The largest absolute Gasteiger partial charge is 4.00 e. The first kappa shape index (κ1) is 705. The van der Waals surface area contributed by atoms with Crippen LogP contribution in [0, 0.1) is 0 Å². The van der Waals surface area contributed by atoms with Gasteiger partial charge in [-0.2, -0.15) is 0 Å². The average Bonchev–Trinajstić information content (AvgIpc) is 0. The van der Waals surface area contributed by atoms with E-state index in [1.807, 2.05) is 0 Å². The minimum Gasteiger partial charge on any atom is -0.870 e. The van der Waals surface area contributed by atoms with Gasteiger partial charge in [-0.3, -0.25) is 0 Å². The van der Waals surface area contributed by atoms with Crippen LogP contribution < -0.4 is 0 Å². The molecule has 0 saturated heterocycles. The van der Waals surface area contributed by atoms with Gasteiger partial charge in [0.2, 0.25) is 0 Å². The molecule has 0 spiro atoms. The van der Waals surface area contributed by atoms with Crippen molar-refractivity contribution < 1.29 is 21.9 Å². The smallest absolute Gasteiger partial charge is 0.870 e. The van der Waals surface area contributed by atoms with Gasteiger partial charge in [-0.05, 0) is 0 Å². The van der Waals surface area contributed by atoms with Crippen LogP contribution in [-0.2, 0) is 0 Å². The Labute approximate surface area is 40.4 Å². The molecule has 5 heavy (non-hydrogen) atoms. The maximum atomic E-state index is 0. The minimum absolute atomic E-state index is 0. The van der Waals surface area contributed by atoms with Gasteiger partial charge >= 0.3 is 17.6 Å². The molecule has 0 bridgehead atoms. The fourth-order valence-corrected chi connectivity index (χ4v) is 0. The summed E-state index contributed by atoms with van der Waals surface area (Å²) in [5, 5.41) is 0. The summed E-state index contributed by atoms with van der Waals surface area (Å²) in [6.45, 7) is 0. The minimum atomic E-state index is 0. The fraction of sp³-hybridized carbons (Fsp3) is 0. The summed E-state index contributed by atoms with van der Waals surface area (Å²) in [7, 11) is 0. The second-order valence-corrected chi connectivity index (χ2v) is 0. The van der Waals surface area contributed by atoms with E-state index in [0.717, 1.165) is 0 Å². The van der Waals surface area contributed by atoms with Crippen LogP contribution in [0.2, 0.25) is 0 Å². The molecule has 0 fully saturated rings. The zero-order chi connectivity index (χ0) is 0. The van der Waals surface area contributed by atoms with E-state index in [1.165, 1.54) is 0 Å². The Morgan fingerprint density at radius 2 is 0.400 bits per heavy atom. The number of rotatable bonds is 0. The third kappa shape index (κ3) is 170.